The van der Waals surface area contributed by atoms with Gasteiger partial charge >= 0.3 is 6.18 Å². The molecule has 226 valence electrons. The van der Waals surface area contributed by atoms with E-state index < -0.39 is 51.9 Å². The second-order valence-electron chi connectivity index (χ2n) is 9.58. The molecule has 0 saturated carbocycles. The van der Waals surface area contributed by atoms with Crippen molar-refractivity contribution in [3.05, 3.63) is 99.0 Å². The average Bonchev–Trinajstić information content (AvgIpc) is 2.93. The van der Waals surface area contributed by atoms with Gasteiger partial charge < -0.3 is 10.2 Å². The number of carbonyl (C=O) groups is 2. The van der Waals surface area contributed by atoms with E-state index in [0.717, 1.165) is 28.4 Å². The zero-order valence-electron chi connectivity index (χ0n) is 22.9. The number of carbonyl (C=O) groups excluding carboxylic acids is 2. The smallest absolute Gasteiger partial charge is 0.354 e. The highest BCUT2D eigenvalue weighted by atomic mass is 79.9. The summed E-state index contributed by atoms with van der Waals surface area (Å²) in [6.07, 6.45) is -3.26. The minimum absolute atomic E-state index is 0.0723. The summed E-state index contributed by atoms with van der Waals surface area (Å²) in [5.74, 6) is -1.25. The minimum atomic E-state index is -4.78. The standard InChI is InChI=1S/C29H30BrClF3N3O4S/c1-3-15-35-28(39)26(16-20-7-5-4-6-8-20)36(18-21-9-12-23(30)13-10-21)27(38)19-37(42(2,40)41)25-17-22(29(32,33)34)11-14-24(25)31/h4-14,17,26H,3,15-16,18-19H2,1-2H3,(H,35,39)/t26-/m1/s1. The van der Waals surface area contributed by atoms with E-state index >= 15 is 0 Å². The van der Waals surface area contributed by atoms with Crippen molar-refractivity contribution in [1.82, 2.24) is 10.2 Å². The lowest BCUT2D eigenvalue weighted by atomic mass is 10.0. The van der Waals surface area contributed by atoms with Crippen LogP contribution in [0.1, 0.15) is 30.0 Å². The van der Waals surface area contributed by atoms with Crippen LogP contribution in [0.3, 0.4) is 0 Å². The molecule has 3 aromatic carbocycles. The van der Waals surface area contributed by atoms with E-state index in [1.54, 1.807) is 48.5 Å². The number of nitrogens with zero attached hydrogens (tertiary/aromatic N) is 2. The molecule has 0 bridgehead atoms. The summed E-state index contributed by atoms with van der Waals surface area (Å²) in [6.45, 7) is 1.26. The van der Waals surface area contributed by atoms with Gasteiger partial charge in [0, 0.05) is 24.0 Å². The van der Waals surface area contributed by atoms with Gasteiger partial charge in [-0.15, -0.1) is 0 Å². The molecule has 3 rings (SSSR count). The summed E-state index contributed by atoms with van der Waals surface area (Å²) in [4.78, 5) is 28.7. The molecule has 0 aliphatic heterocycles. The molecular weight excluding hydrogens is 659 g/mol. The molecule has 13 heteroatoms. The number of halogens is 5. The Hall–Kier alpha value is -3.09. The monoisotopic (exact) mass is 687 g/mol. The van der Waals surface area contributed by atoms with Crippen LogP contribution in [-0.2, 0) is 38.8 Å². The van der Waals surface area contributed by atoms with Gasteiger partial charge in [0.15, 0.2) is 0 Å². The molecule has 0 aliphatic rings. The highest BCUT2D eigenvalue weighted by molar-refractivity contribution is 9.10. The summed E-state index contributed by atoms with van der Waals surface area (Å²) >= 11 is 9.53. The van der Waals surface area contributed by atoms with Gasteiger partial charge in [-0.25, -0.2) is 8.42 Å². The van der Waals surface area contributed by atoms with Gasteiger partial charge in [-0.05, 0) is 47.9 Å². The lowest BCUT2D eigenvalue weighted by Gasteiger charge is -2.33. The predicted molar refractivity (Wildman–Crippen MR) is 161 cm³/mol. The Morgan fingerprint density at radius 1 is 1.00 bits per heavy atom. The highest BCUT2D eigenvalue weighted by Gasteiger charge is 2.35. The van der Waals surface area contributed by atoms with Crippen LogP contribution in [0.5, 0.6) is 0 Å². The molecule has 2 amide bonds. The lowest BCUT2D eigenvalue weighted by Crippen LogP contribution is -2.53. The van der Waals surface area contributed by atoms with Crippen LogP contribution in [-0.4, -0.2) is 50.5 Å². The number of alkyl halides is 3. The molecule has 0 aliphatic carbocycles. The van der Waals surface area contributed by atoms with E-state index in [4.69, 9.17) is 11.6 Å². The maximum Gasteiger partial charge on any atom is 0.416 e. The summed E-state index contributed by atoms with van der Waals surface area (Å²) in [5, 5.41) is 2.52. The molecule has 0 saturated heterocycles. The zero-order valence-corrected chi connectivity index (χ0v) is 26.0. The van der Waals surface area contributed by atoms with E-state index in [0.29, 0.717) is 28.9 Å². The van der Waals surface area contributed by atoms with Crippen molar-refractivity contribution in [2.75, 3.05) is 23.7 Å². The van der Waals surface area contributed by atoms with Crippen molar-refractivity contribution in [1.29, 1.82) is 0 Å². The molecule has 1 N–H and O–H groups in total. The van der Waals surface area contributed by atoms with E-state index in [1.807, 2.05) is 13.0 Å². The first-order chi connectivity index (χ1) is 19.7. The minimum Gasteiger partial charge on any atom is -0.354 e. The first-order valence-electron chi connectivity index (χ1n) is 12.9. The highest BCUT2D eigenvalue weighted by Crippen LogP contribution is 2.36. The molecule has 0 fully saturated rings. The Morgan fingerprint density at radius 2 is 1.64 bits per heavy atom. The summed E-state index contributed by atoms with van der Waals surface area (Å²) in [7, 11) is -4.30. The molecule has 1 atom stereocenters. The van der Waals surface area contributed by atoms with Crippen LogP contribution in [0.25, 0.3) is 0 Å². The molecule has 0 unspecified atom stereocenters. The Labute approximate surface area is 256 Å². The number of hydrogen-bond donors (Lipinski definition) is 1. The Kier molecular flexibility index (Phi) is 11.4. The second kappa shape index (κ2) is 14.4. The third-order valence-corrected chi connectivity index (χ3v) is 8.28. The number of rotatable bonds is 12. The largest absolute Gasteiger partial charge is 0.416 e. The van der Waals surface area contributed by atoms with Gasteiger partial charge in [0.25, 0.3) is 0 Å². The number of anilines is 1. The number of amides is 2. The topological polar surface area (TPSA) is 86.8 Å². The van der Waals surface area contributed by atoms with Crippen molar-refractivity contribution in [2.45, 2.75) is 38.5 Å². The fourth-order valence-corrected chi connectivity index (χ4v) is 5.57. The lowest BCUT2D eigenvalue weighted by molar-refractivity contribution is -0.140. The number of sulfonamides is 1. The van der Waals surface area contributed by atoms with Gasteiger partial charge in [0.2, 0.25) is 21.8 Å². The second-order valence-corrected chi connectivity index (χ2v) is 12.8. The van der Waals surface area contributed by atoms with Crippen molar-refractivity contribution in [3.63, 3.8) is 0 Å². The van der Waals surface area contributed by atoms with E-state index in [-0.39, 0.29) is 18.0 Å². The first kappa shape index (κ1) is 33.4. The number of nitrogens with one attached hydrogen (secondary N) is 1. The molecular formula is C29H30BrClF3N3O4S. The number of benzene rings is 3. The van der Waals surface area contributed by atoms with Crippen LogP contribution >= 0.6 is 27.5 Å². The SMILES string of the molecule is CCCNC(=O)[C@@H](Cc1ccccc1)N(Cc1ccc(Br)cc1)C(=O)CN(c1cc(C(F)(F)F)ccc1Cl)S(C)(=O)=O. The Morgan fingerprint density at radius 3 is 2.21 bits per heavy atom. The molecule has 0 radical (unpaired) electrons. The van der Waals surface area contributed by atoms with Crippen LogP contribution in [0.15, 0.2) is 77.3 Å². The number of hydrogen-bond acceptors (Lipinski definition) is 4. The van der Waals surface area contributed by atoms with Gasteiger partial charge in [-0.1, -0.05) is 76.9 Å². The van der Waals surface area contributed by atoms with Crippen molar-refractivity contribution in [3.8, 4) is 0 Å². The zero-order chi connectivity index (χ0) is 31.1. The molecule has 0 aromatic heterocycles. The first-order valence-corrected chi connectivity index (χ1v) is 15.9. The molecule has 3 aromatic rings. The fourth-order valence-electron chi connectivity index (χ4n) is 4.18. The predicted octanol–water partition coefficient (Wildman–Crippen LogP) is 6.05. The third-order valence-electron chi connectivity index (χ3n) is 6.31. The van der Waals surface area contributed by atoms with Gasteiger partial charge in [-0.2, -0.15) is 13.2 Å². The van der Waals surface area contributed by atoms with Gasteiger partial charge in [0.05, 0.1) is 22.5 Å². The third kappa shape index (κ3) is 9.20. The van der Waals surface area contributed by atoms with Gasteiger partial charge in [-0.3, -0.25) is 13.9 Å². The van der Waals surface area contributed by atoms with Crippen LogP contribution in [0.2, 0.25) is 5.02 Å². The molecule has 0 heterocycles. The van der Waals surface area contributed by atoms with E-state index in [9.17, 15) is 31.2 Å². The van der Waals surface area contributed by atoms with Gasteiger partial charge in [0.1, 0.15) is 12.6 Å². The van der Waals surface area contributed by atoms with Crippen molar-refractivity contribution in [2.24, 2.45) is 0 Å². The van der Waals surface area contributed by atoms with Crippen LogP contribution in [0.4, 0.5) is 18.9 Å². The van der Waals surface area contributed by atoms with E-state index in [1.165, 1.54) is 4.90 Å². The van der Waals surface area contributed by atoms with Crippen molar-refractivity contribution < 1.29 is 31.2 Å². The molecule has 42 heavy (non-hydrogen) atoms. The fraction of sp³-hybridized carbons (Fsp3) is 0.310. The van der Waals surface area contributed by atoms with Crippen LogP contribution in [0, 0.1) is 0 Å². The normalized spacial score (nSPS) is 12.5. The Bertz CT molecular complexity index is 1490. The summed E-state index contributed by atoms with van der Waals surface area (Å²) in [6, 6.07) is 17.2. The molecule has 0 spiro atoms. The quantitative estimate of drug-likeness (QED) is 0.251. The average molecular weight is 689 g/mol. The van der Waals surface area contributed by atoms with E-state index in [2.05, 4.69) is 21.2 Å². The summed E-state index contributed by atoms with van der Waals surface area (Å²) in [5.41, 5.74) is -0.226. The maximum atomic E-state index is 14.0. The maximum absolute atomic E-state index is 14.0. The van der Waals surface area contributed by atoms with Crippen molar-refractivity contribution >= 4 is 55.1 Å². The Balaban J connectivity index is 2.09. The molecule has 7 nitrogen and oxygen atoms in total. The van der Waals surface area contributed by atoms with Crippen LogP contribution < -0.4 is 9.62 Å². The summed E-state index contributed by atoms with van der Waals surface area (Å²) < 4.78 is 67.5.